The van der Waals surface area contributed by atoms with Gasteiger partial charge in [0.05, 0.1) is 25.3 Å². The summed E-state index contributed by atoms with van der Waals surface area (Å²) in [6.07, 6.45) is 1.80. The number of aryl methyl sites for hydroxylation is 1. The molecular formula is C15H15N3O2. The minimum atomic E-state index is 0.602. The molecule has 0 N–H and O–H groups in total. The highest BCUT2D eigenvalue weighted by atomic mass is 16.5. The number of aromatic nitrogens is 3. The highest BCUT2D eigenvalue weighted by Crippen LogP contribution is 2.26. The molecule has 0 radical (unpaired) electrons. The van der Waals surface area contributed by atoms with Crippen molar-refractivity contribution < 1.29 is 9.47 Å². The monoisotopic (exact) mass is 269 g/mol. The second-order valence-corrected chi connectivity index (χ2v) is 4.45. The van der Waals surface area contributed by atoms with Gasteiger partial charge in [0.15, 0.2) is 0 Å². The SMILES string of the molecule is COc1ccc(-c2ccc3nc(OC)n(C)c3c2)cn1. The quantitative estimate of drug-likeness (QED) is 0.733. The van der Waals surface area contributed by atoms with E-state index in [0.29, 0.717) is 11.9 Å². The number of fused-ring (bicyclic) bond motifs is 1. The van der Waals surface area contributed by atoms with Crippen LogP contribution in [0.2, 0.25) is 0 Å². The molecule has 0 unspecified atom stereocenters. The first kappa shape index (κ1) is 12.5. The summed E-state index contributed by atoms with van der Waals surface area (Å²) in [6, 6.07) is 10.5. The molecule has 3 rings (SSSR count). The second-order valence-electron chi connectivity index (χ2n) is 4.45. The van der Waals surface area contributed by atoms with E-state index in [0.717, 1.165) is 22.2 Å². The first-order valence-corrected chi connectivity index (χ1v) is 6.24. The number of hydrogen-bond donors (Lipinski definition) is 0. The lowest BCUT2D eigenvalue weighted by molar-refractivity contribution is 0.368. The molecule has 0 aliphatic heterocycles. The minimum absolute atomic E-state index is 0.602. The van der Waals surface area contributed by atoms with Gasteiger partial charge in [-0.25, -0.2) is 4.98 Å². The maximum absolute atomic E-state index is 5.23. The largest absolute Gasteiger partial charge is 0.481 e. The Morgan fingerprint density at radius 1 is 1.00 bits per heavy atom. The first-order chi connectivity index (χ1) is 9.72. The normalized spacial score (nSPS) is 10.8. The predicted molar refractivity (Wildman–Crippen MR) is 77.0 cm³/mol. The van der Waals surface area contributed by atoms with Crippen LogP contribution in [0.1, 0.15) is 0 Å². The standard InChI is InChI=1S/C15H15N3O2/c1-18-13-8-10(4-6-12(13)17-15(18)20-3)11-5-7-14(19-2)16-9-11/h4-9H,1-3H3. The maximum Gasteiger partial charge on any atom is 0.296 e. The van der Waals surface area contributed by atoms with Crippen molar-refractivity contribution in [2.45, 2.75) is 0 Å². The van der Waals surface area contributed by atoms with Crippen molar-refractivity contribution in [2.75, 3.05) is 14.2 Å². The van der Waals surface area contributed by atoms with E-state index in [2.05, 4.69) is 16.0 Å². The molecule has 5 nitrogen and oxygen atoms in total. The van der Waals surface area contributed by atoms with Crippen LogP contribution in [0.4, 0.5) is 0 Å². The van der Waals surface area contributed by atoms with Crippen LogP contribution in [-0.4, -0.2) is 28.8 Å². The summed E-state index contributed by atoms with van der Waals surface area (Å²) in [4.78, 5) is 8.63. The summed E-state index contributed by atoms with van der Waals surface area (Å²) in [7, 11) is 5.16. The van der Waals surface area contributed by atoms with Crippen LogP contribution < -0.4 is 9.47 Å². The lowest BCUT2D eigenvalue weighted by Crippen LogP contribution is -1.93. The van der Waals surface area contributed by atoms with Crippen LogP contribution in [0.5, 0.6) is 11.9 Å². The molecule has 0 bridgehead atoms. The van der Waals surface area contributed by atoms with Gasteiger partial charge in [-0.05, 0) is 23.8 Å². The van der Waals surface area contributed by atoms with E-state index in [1.165, 1.54) is 0 Å². The summed E-state index contributed by atoms with van der Waals surface area (Å²) >= 11 is 0. The summed E-state index contributed by atoms with van der Waals surface area (Å²) in [5.74, 6) is 0.608. The summed E-state index contributed by atoms with van der Waals surface area (Å²) in [6.45, 7) is 0. The van der Waals surface area contributed by atoms with Crippen LogP contribution in [0.25, 0.3) is 22.2 Å². The van der Waals surface area contributed by atoms with Gasteiger partial charge < -0.3 is 9.47 Å². The highest BCUT2D eigenvalue weighted by Gasteiger charge is 2.09. The Kier molecular flexibility index (Phi) is 3.02. The molecule has 0 saturated carbocycles. The van der Waals surface area contributed by atoms with Crippen LogP contribution in [0, 0.1) is 0 Å². The van der Waals surface area contributed by atoms with Gasteiger partial charge in [0.1, 0.15) is 0 Å². The van der Waals surface area contributed by atoms with Crippen LogP contribution in [0.3, 0.4) is 0 Å². The number of pyridine rings is 1. The van der Waals surface area contributed by atoms with Gasteiger partial charge in [0.2, 0.25) is 5.88 Å². The van der Waals surface area contributed by atoms with E-state index >= 15 is 0 Å². The number of rotatable bonds is 3. The molecular weight excluding hydrogens is 254 g/mol. The average molecular weight is 269 g/mol. The third-order valence-corrected chi connectivity index (χ3v) is 3.30. The van der Waals surface area contributed by atoms with Gasteiger partial charge in [-0.1, -0.05) is 6.07 Å². The minimum Gasteiger partial charge on any atom is -0.481 e. The van der Waals surface area contributed by atoms with Crippen molar-refractivity contribution in [1.82, 2.24) is 14.5 Å². The molecule has 0 aliphatic rings. The zero-order valence-corrected chi connectivity index (χ0v) is 11.6. The van der Waals surface area contributed by atoms with Gasteiger partial charge >= 0.3 is 0 Å². The fraction of sp³-hybridized carbons (Fsp3) is 0.200. The number of ether oxygens (including phenoxy) is 2. The average Bonchev–Trinajstić information content (AvgIpc) is 2.83. The van der Waals surface area contributed by atoms with Gasteiger partial charge in [0, 0.05) is 24.9 Å². The molecule has 0 fully saturated rings. The van der Waals surface area contributed by atoms with Crippen LogP contribution >= 0.6 is 0 Å². The van der Waals surface area contributed by atoms with Crippen molar-refractivity contribution in [3.63, 3.8) is 0 Å². The Morgan fingerprint density at radius 2 is 1.80 bits per heavy atom. The Labute approximate surface area is 116 Å². The number of imidazole rings is 1. The second kappa shape index (κ2) is 4.85. The van der Waals surface area contributed by atoms with Crippen molar-refractivity contribution in [3.8, 4) is 23.0 Å². The Bertz CT molecular complexity index is 748. The third kappa shape index (κ3) is 1.97. The van der Waals surface area contributed by atoms with Crippen molar-refractivity contribution in [2.24, 2.45) is 7.05 Å². The molecule has 0 spiro atoms. The molecule has 2 heterocycles. The Morgan fingerprint density at radius 3 is 2.45 bits per heavy atom. The van der Waals surface area contributed by atoms with Crippen molar-refractivity contribution >= 4 is 11.0 Å². The third-order valence-electron chi connectivity index (χ3n) is 3.30. The molecule has 2 aromatic heterocycles. The first-order valence-electron chi connectivity index (χ1n) is 6.24. The highest BCUT2D eigenvalue weighted by molar-refractivity contribution is 5.83. The molecule has 20 heavy (non-hydrogen) atoms. The van der Waals surface area contributed by atoms with Crippen LogP contribution in [-0.2, 0) is 7.05 Å². The molecule has 102 valence electrons. The zero-order chi connectivity index (χ0) is 14.1. The van der Waals surface area contributed by atoms with Crippen molar-refractivity contribution in [1.29, 1.82) is 0 Å². The number of methoxy groups -OCH3 is 2. The van der Waals surface area contributed by atoms with E-state index in [9.17, 15) is 0 Å². The number of nitrogens with zero attached hydrogens (tertiary/aromatic N) is 3. The van der Waals surface area contributed by atoms with Gasteiger partial charge in [-0.2, -0.15) is 4.98 Å². The molecule has 0 aliphatic carbocycles. The van der Waals surface area contributed by atoms with E-state index in [4.69, 9.17) is 9.47 Å². The summed E-state index contributed by atoms with van der Waals surface area (Å²) in [5, 5.41) is 0. The smallest absolute Gasteiger partial charge is 0.296 e. The fourth-order valence-corrected chi connectivity index (χ4v) is 2.20. The van der Waals surface area contributed by atoms with E-state index in [-0.39, 0.29) is 0 Å². The predicted octanol–water partition coefficient (Wildman–Crippen LogP) is 2.65. The van der Waals surface area contributed by atoms with E-state index in [1.807, 2.05) is 35.9 Å². The summed E-state index contributed by atoms with van der Waals surface area (Å²) < 4.78 is 12.2. The van der Waals surface area contributed by atoms with Gasteiger partial charge in [-0.3, -0.25) is 4.57 Å². The molecule has 0 atom stereocenters. The number of benzene rings is 1. The molecule has 3 aromatic rings. The molecule has 0 saturated heterocycles. The molecule has 0 amide bonds. The van der Waals surface area contributed by atoms with E-state index in [1.54, 1.807) is 20.4 Å². The lowest BCUT2D eigenvalue weighted by Gasteiger charge is -2.04. The lowest BCUT2D eigenvalue weighted by atomic mass is 10.1. The molecule has 1 aromatic carbocycles. The number of hydrogen-bond acceptors (Lipinski definition) is 4. The topological polar surface area (TPSA) is 49.2 Å². The molecule has 5 heteroatoms. The van der Waals surface area contributed by atoms with Crippen LogP contribution in [0.15, 0.2) is 36.5 Å². The fourth-order valence-electron chi connectivity index (χ4n) is 2.20. The Hall–Kier alpha value is -2.56. The van der Waals surface area contributed by atoms with Gasteiger partial charge in [-0.15, -0.1) is 0 Å². The van der Waals surface area contributed by atoms with E-state index < -0.39 is 0 Å². The van der Waals surface area contributed by atoms with Crippen molar-refractivity contribution in [3.05, 3.63) is 36.5 Å². The Balaban J connectivity index is 2.09. The maximum atomic E-state index is 5.23. The zero-order valence-electron chi connectivity index (χ0n) is 11.6. The van der Waals surface area contributed by atoms with Gasteiger partial charge in [0.25, 0.3) is 6.01 Å². The summed E-state index contributed by atoms with van der Waals surface area (Å²) in [5.41, 5.74) is 4.05.